The van der Waals surface area contributed by atoms with E-state index in [-0.39, 0.29) is 6.10 Å². The predicted molar refractivity (Wildman–Crippen MR) is 106 cm³/mol. The van der Waals surface area contributed by atoms with E-state index in [4.69, 9.17) is 21.1 Å². The van der Waals surface area contributed by atoms with Crippen LogP contribution < -0.4 is 9.47 Å². The molecule has 1 atom stereocenters. The molecule has 2 aromatic rings. The molecule has 26 heavy (non-hydrogen) atoms. The Balaban J connectivity index is 1.71. The molecule has 0 aromatic heterocycles. The lowest BCUT2D eigenvalue weighted by atomic mass is 10.1. The summed E-state index contributed by atoms with van der Waals surface area (Å²) in [6, 6.07) is 15.7. The number of piperazine rings is 1. The Morgan fingerprint density at radius 3 is 2.46 bits per heavy atom. The number of likely N-dealkylation sites (N-methyl/N-ethyl adjacent to an activating group) is 1. The van der Waals surface area contributed by atoms with Crippen molar-refractivity contribution in [2.75, 3.05) is 46.9 Å². The molecule has 1 unspecified atom stereocenters. The van der Waals surface area contributed by atoms with E-state index >= 15 is 0 Å². The summed E-state index contributed by atoms with van der Waals surface area (Å²) < 4.78 is 11.6. The number of hydrogen-bond donors (Lipinski definition) is 0. The Bertz CT molecular complexity index is 702. The van der Waals surface area contributed by atoms with Gasteiger partial charge in [-0.2, -0.15) is 0 Å². The second-order valence-electron chi connectivity index (χ2n) is 6.77. The highest BCUT2D eigenvalue weighted by Gasteiger charge is 2.19. The summed E-state index contributed by atoms with van der Waals surface area (Å²) in [4.78, 5) is 4.88. The summed E-state index contributed by atoms with van der Waals surface area (Å²) in [5.74, 6) is 1.61. The highest BCUT2D eigenvalue weighted by molar-refractivity contribution is 6.30. The Morgan fingerprint density at radius 1 is 1.00 bits per heavy atom. The first-order valence-electron chi connectivity index (χ1n) is 9.11. The van der Waals surface area contributed by atoms with E-state index in [1.807, 2.05) is 42.5 Å². The monoisotopic (exact) mass is 374 g/mol. The van der Waals surface area contributed by atoms with Gasteiger partial charge in [0.05, 0.1) is 7.11 Å². The van der Waals surface area contributed by atoms with Crippen LogP contribution in [0.3, 0.4) is 0 Å². The minimum absolute atomic E-state index is 0.0412. The van der Waals surface area contributed by atoms with Crippen molar-refractivity contribution >= 4 is 11.6 Å². The summed E-state index contributed by atoms with van der Waals surface area (Å²) in [5.41, 5.74) is 1.11. The molecule has 1 fully saturated rings. The van der Waals surface area contributed by atoms with Gasteiger partial charge in [0.1, 0.15) is 17.6 Å². The first-order valence-corrected chi connectivity index (χ1v) is 9.49. The SMILES string of the molecule is COc1cccc(OC(CCN2CCN(C)CC2)c2cccc(Cl)c2)c1. The van der Waals surface area contributed by atoms with Gasteiger partial charge in [0.25, 0.3) is 0 Å². The Labute approximate surface area is 161 Å². The van der Waals surface area contributed by atoms with E-state index in [0.717, 1.165) is 61.2 Å². The van der Waals surface area contributed by atoms with E-state index in [1.54, 1.807) is 7.11 Å². The van der Waals surface area contributed by atoms with Gasteiger partial charge in [-0.1, -0.05) is 29.8 Å². The first kappa shape index (κ1) is 19.0. The zero-order valence-corrected chi connectivity index (χ0v) is 16.3. The molecule has 2 aromatic carbocycles. The molecule has 0 spiro atoms. The van der Waals surface area contributed by atoms with Crippen molar-refractivity contribution in [2.45, 2.75) is 12.5 Å². The van der Waals surface area contributed by atoms with Crippen LogP contribution in [-0.4, -0.2) is 56.7 Å². The molecule has 140 valence electrons. The average molecular weight is 375 g/mol. The number of methoxy groups -OCH3 is 1. The number of hydrogen-bond acceptors (Lipinski definition) is 4. The molecule has 5 heteroatoms. The highest BCUT2D eigenvalue weighted by atomic mass is 35.5. The molecule has 3 rings (SSSR count). The summed E-state index contributed by atoms with van der Waals surface area (Å²) in [7, 11) is 3.85. The van der Waals surface area contributed by atoms with Crippen LogP contribution in [0.2, 0.25) is 5.02 Å². The van der Waals surface area contributed by atoms with Crippen LogP contribution in [-0.2, 0) is 0 Å². The van der Waals surface area contributed by atoms with E-state index in [9.17, 15) is 0 Å². The van der Waals surface area contributed by atoms with E-state index < -0.39 is 0 Å². The lowest BCUT2D eigenvalue weighted by Crippen LogP contribution is -2.45. The lowest BCUT2D eigenvalue weighted by Gasteiger charge is -2.33. The van der Waals surface area contributed by atoms with E-state index in [1.165, 1.54) is 0 Å². The Morgan fingerprint density at radius 2 is 1.73 bits per heavy atom. The number of benzene rings is 2. The molecule has 0 bridgehead atoms. The number of nitrogens with zero attached hydrogens (tertiary/aromatic N) is 2. The highest BCUT2D eigenvalue weighted by Crippen LogP contribution is 2.29. The molecule has 0 aliphatic carbocycles. The maximum absolute atomic E-state index is 6.33. The third-order valence-corrected chi connectivity index (χ3v) is 5.08. The van der Waals surface area contributed by atoms with Gasteiger partial charge in [-0.25, -0.2) is 0 Å². The van der Waals surface area contributed by atoms with Gasteiger partial charge in [0.15, 0.2) is 0 Å². The molecular formula is C21H27ClN2O2. The number of ether oxygens (including phenoxy) is 2. The Hall–Kier alpha value is -1.75. The smallest absolute Gasteiger partial charge is 0.125 e. The largest absolute Gasteiger partial charge is 0.497 e. The summed E-state index contributed by atoms with van der Waals surface area (Å²) in [6.07, 6.45) is 0.877. The van der Waals surface area contributed by atoms with Crippen molar-refractivity contribution in [1.82, 2.24) is 9.80 Å². The van der Waals surface area contributed by atoms with E-state index in [0.29, 0.717) is 0 Å². The molecule has 0 N–H and O–H groups in total. The zero-order valence-electron chi connectivity index (χ0n) is 15.5. The van der Waals surface area contributed by atoms with Gasteiger partial charge < -0.3 is 19.3 Å². The Kier molecular flexibility index (Phi) is 6.78. The van der Waals surface area contributed by atoms with Gasteiger partial charge in [0, 0.05) is 50.2 Å². The second kappa shape index (κ2) is 9.26. The quantitative estimate of drug-likeness (QED) is 0.728. The van der Waals surface area contributed by atoms with Crippen molar-refractivity contribution in [3.8, 4) is 11.5 Å². The fourth-order valence-corrected chi connectivity index (χ4v) is 3.41. The molecule has 0 amide bonds. The number of rotatable bonds is 7. The minimum atomic E-state index is -0.0412. The van der Waals surface area contributed by atoms with Crippen molar-refractivity contribution in [2.24, 2.45) is 0 Å². The molecule has 0 saturated carbocycles. The third kappa shape index (κ3) is 5.37. The summed E-state index contributed by atoms with van der Waals surface area (Å²) >= 11 is 6.21. The van der Waals surface area contributed by atoms with Crippen molar-refractivity contribution in [3.63, 3.8) is 0 Å². The predicted octanol–water partition coefficient (Wildman–Crippen LogP) is 4.11. The van der Waals surface area contributed by atoms with Crippen LogP contribution in [0.25, 0.3) is 0 Å². The maximum Gasteiger partial charge on any atom is 0.125 e. The molecule has 1 aliphatic heterocycles. The van der Waals surface area contributed by atoms with Crippen molar-refractivity contribution in [1.29, 1.82) is 0 Å². The molecule has 1 heterocycles. The first-order chi connectivity index (χ1) is 12.6. The van der Waals surface area contributed by atoms with Crippen LogP contribution in [0.15, 0.2) is 48.5 Å². The van der Waals surface area contributed by atoms with Gasteiger partial charge >= 0.3 is 0 Å². The maximum atomic E-state index is 6.33. The molecule has 4 nitrogen and oxygen atoms in total. The van der Waals surface area contributed by atoms with Gasteiger partial charge in [-0.05, 0) is 36.9 Å². The van der Waals surface area contributed by atoms with Crippen molar-refractivity contribution in [3.05, 3.63) is 59.1 Å². The van der Waals surface area contributed by atoms with Crippen LogP contribution in [0, 0.1) is 0 Å². The molecule has 0 radical (unpaired) electrons. The third-order valence-electron chi connectivity index (χ3n) is 4.84. The number of halogens is 1. The summed E-state index contributed by atoms with van der Waals surface area (Å²) in [6.45, 7) is 5.47. The molecule has 1 aliphatic rings. The average Bonchev–Trinajstić information content (AvgIpc) is 2.66. The van der Waals surface area contributed by atoms with Crippen LogP contribution in [0.4, 0.5) is 0 Å². The van der Waals surface area contributed by atoms with E-state index in [2.05, 4.69) is 22.9 Å². The van der Waals surface area contributed by atoms with Gasteiger partial charge in [0.2, 0.25) is 0 Å². The molecule has 1 saturated heterocycles. The van der Waals surface area contributed by atoms with Crippen LogP contribution in [0.1, 0.15) is 18.1 Å². The fraction of sp³-hybridized carbons (Fsp3) is 0.429. The minimum Gasteiger partial charge on any atom is -0.497 e. The standard InChI is InChI=1S/C21H27ClN2O2/c1-23-11-13-24(14-12-23)10-9-21(17-5-3-6-18(22)15-17)26-20-8-4-7-19(16-20)25-2/h3-8,15-16,21H,9-14H2,1-2H3. The van der Waals surface area contributed by atoms with Crippen LogP contribution in [0.5, 0.6) is 11.5 Å². The fourth-order valence-electron chi connectivity index (χ4n) is 3.21. The van der Waals surface area contributed by atoms with Gasteiger partial charge in [-0.3, -0.25) is 0 Å². The summed E-state index contributed by atoms with van der Waals surface area (Å²) in [5, 5.41) is 0.737. The zero-order chi connectivity index (χ0) is 18.4. The topological polar surface area (TPSA) is 24.9 Å². The van der Waals surface area contributed by atoms with Crippen molar-refractivity contribution < 1.29 is 9.47 Å². The second-order valence-corrected chi connectivity index (χ2v) is 7.21. The molecular weight excluding hydrogens is 348 g/mol. The normalized spacial score (nSPS) is 17.0. The lowest BCUT2D eigenvalue weighted by molar-refractivity contribution is 0.123. The van der Waals surface area contributed by atoms with Crippen LogP contribution >= 0.6 is 11.6 Å². The van der Waals surface area contributed by atoms with Gasteiger partial charge in [-0.15, -0.1) is 0 Å².